The Morgan fingerprint density at radius 3 is 2.26 bits per heavy atom. The monoisotopic (exact) mass is 646 g/mol. The van der Waals surface area contributed by atoms with Crippen molar-refractivity contribution in [3.8, 4) is 16.9 Å². The van der Waals surface area contributed by atoms with Crippen LogP contribution in [0.15, 0.2) is 60.9 Å². The molecule has 10 heteroatoms. The maximum absolute atomic E-state index is 15.1. The van der Waals surface area contributed by atoms with Gasteiger partial charge in [0.15, 0.2) is 0 Å². The fourth-order valence-corrected chi connectivity index (χ4v) is 10.7. The predicted octanol–water partition coefficient (Wildman–Crippen LogP) is 5.88. The van der Waals surface area contributed by atoms with Gasteiger partial charge in [0.05, 0.1) is 18.6 Å². The zero-order valence-electron chi connectivity index (χ0n) is 26.5. The minimum absolute atomic E-state index is 0.0637. The van der Waals surface area contributed by atoms with Gasteiger partial charge in [0, 0.05) is 61.3 Å². The zero-order chi connectivity index (χ0) is 31.9. The van der Waals surface area contributed by atoms with E-state index in [0.29, 0.717) is 53.3 Å². The Hall–Kier alpha value is -3.50. The van der Waals surface area contributed by atoms with Crippen molar-refractivity contribution in [1.29, 1.82) is 0 Å². The van der Waals surface area contributed by atoms with E-state index in [9.17, 15) is 13.2 Å². The molecule has 46 heavy (non-hydrogen) atoms. The molecule has 2 aromatic carbocycles. The van der Waals surface area contributed by atoms with E-state index in [-0.39, 0.29) is 17.0 Å². The summed E-state index contributed by atoms with van der Waals surface area (Å²) in [5, 5.41) is 0. The first kappa shape index (κ1) is 31.1. The first-order chi connectivity index (χ1) is 22.2. The summed E-state index contributed by atoms with van der Waals surface area (Å²) in [5.41, 5.74) is 3.29. The van der Waals surface area contributed by atoms with Crippen LogP contribution in [0.4, 0.5) is 10.1 Å². The first-order valence-electron chi connectivity index (χ1n) is 16.6. The molecular formula is C36H43FN4O4S. The average Bonchev–Trinajstić information content (AvgIpc) is 3.00. The molecule has 5 aliphatic rings. The molecule has 4 aliphatic carbocycles. The number of pyridine rings is 1. The second-order valence-corrected chi connectivity index (χ2v) is 15.8. The minimum Gasteiger partial charge on any atom is -0.492 e. The summed E-state index contributed by atoms with van der Waals surface area (Å²) >= 11 is 0. The van der Waals surface area contributed by atoms with Crippen LogP contribution < -0.4 is 14.4 Å². The van der Waals surface area contributed by atoms with E-state index in [1.54, 1.807) is 42.7 Å². The van der Waals surface area contributed by atoms with E-state index in [2.05, 4.69) is 19.5 Å². The van der Waals surface area contributed by atoms with Gasteiger partial charge in [-0.05, 0) is 111 Å². The molecule has 3 aromatic rings. The molecule has 4 bridgehead atoms. The number of sulfonamides is 1. The van der Waals surface area contributed by atoms with E-state index in [4.69, 9.17) is 4.74 Å². The van der Waals surface area contributed by atoms with Gasteiger partial charge in [0.1, 0.15) is 11.6 Å². The third kappa shape index (κ3) is 6.79. The number of carbonyl (C=O) groups is 1. The minimum atomic E-state index is -3.72. The number of halogens is 1. The van der Waals surface area contributed by atoms with E-state index in [0.717, 1.165) is 56.7 Å². The van der Waals surface area contributed by atoms with Crippen LogP contribution in [0, 0.1) is 29.0 Å². The van der Waals surface area contributed by atoms with Crippen LogP contribution in [-0.4, -0.2) is 62.7 Å². The Morgan fingerprint density at radius 1 is 0.957 bits per heavy atom. The van der Waals surface area contributed by atoms with Crippen molar-refractivity contribution in [3.05, 3.63) is 77.9 Å². The smallest absolute Gasteiger partial charge is 0.264 e. The van der Waals surface area contributed by atoms with Gasteiger partial charge in [0.25, 0.3) is 5.91 Å². The highest BCUT2D eigenvalue weighted by molar-refractivity contribution is 7.90. The van der Waals surface area contributed by atoms with Gasteiger partial charge in [-0.1, -0.05) is 12.1 Å². The number of piperazine rings is 1. The molecule has 5 fully saturated rings. The van der Waals surface area contributed by atoms with Crippen molar-refractivity contribution >= 4 is 21.6 Å². The summed E-state index contributed by atoms with van der Waals surface area (Å²) in [6.45, 7) is 6.29. The van der Waals surface area contributed by atoms with Crippen molar-refractivity contribution in [1.82, 2.24) is 14.6 Å². The number of hydrogen-bond acceptors (Lipinski definition) is 7. The number of aromatic nitrogens is 1. The van der Waals surface area contributed by atoms with Gasteiger partial charge in [0.2, 0.25) is 10.0 Å². The quantitative estimate of drug-likeness (QED) is 0.294. The topological polar surface area (TPSA) is 91.8 Å². The molecule has 1 N–H and O–H groups in total. The number of nitrogens with one attached hydrogen (secondary N) is 1. The van der Waals surface area contributed by atoms with Crippen LogP contribution in [0.2, 0.25) is 0 Å². The van der Waals surface area contributed by atoms with E-state index in [1.165, 1.54) is 19.3 Å². The largest absolute Gasteiger partial charge is 0.492 e. The average molecular weight is 647 g/mol. The lowest BCUT2D eigenvalue weighted by Gasteiger charge is -2.56. The first-order valence-corrected chi connectivity index (χ1v) is 18.3. The number of amides is 1. The van der Waals surface area contributed by atoms with Crippen LogP contribution in [0.25, 0.3) is 11.1 Å². The highest BCUT2D eigenvalue weighted by Gasteiger charge is 2.52. The molecule has 0 spiro atoms. The fourth-order valence-electron chi connectivity index (χ4n) is 9.05. The Bertz CT molecular complexity index is 1650. The van der Waals surface area contributed by atoms with E-state index >= 15 is 4.39 Å². The van der Waals surface area contributed by atoms with Crippen LogP contribution in [0.1, 0.15) is 61.4 Å². The van der Waals surface area contributed by atoms with Gasteiger partial charge in [-0.15, -0.1) is 0 Å². The number of hydrogen-bond donors (Lipinski definition) is 1. The molecule has 2 heterocycles. The Morgan fingerprint density at radius 2 is 1.63 bits per heavy atom. The second kappa shape index (κ2) is 12.6. The summed E-state index contributed by atoms with van der Waals surface area (Å²) in [5.74, 6) is 1.83. The number of carbonyl (C=O) groups excluding carboxylic acids is 1. The highest BCUT2D eigenvalue weighted by Crippen LogP contribution is 2.60. The zero-order valence-corrected chi connectivity index (χ0v) is 27.3. The Kier molecular flexibility index (Phi) is 8.52. The van der Waals surface area contributed by atoms with Crippen molar-refractivity contribution in [2.75, 3.05) is 43.4 Å². The standard InChI is InChI=1S/C36H43FN4O4S/c1-2-45-32-17-30(21-38-22-32)33-8-3-25(16-34(33)37)23-40-9-11-41(12-10-40)31-6-4-29(5-7-31)35(42)39-46(43,44)24-36-18-26-13-27(19-36)15-28(14-26)20-36/h3-8,16-17,21-22,26-28H,2,9-15,18-20,23-24H2,1H3,(H,39,42). The van der Waals surface area contributed by atoms with Crippen LogP contribution >= 0.6 is 0 Å². The third-order valence-corrected chi connectivity index (χ3v) is 12.0. The number of nitrogens with zero attached hydrogens (tertiary/aromatic N) is 3. The Labute approximate surface area is 271 Å². The highest BCUT2D eigenvalue weighted by atomic mass is 32.2. The van der Waals surface area contributed by atoms with Gasteiger partial charge in [-0.3, -0.25) is 14.7 Å². The summed E-state index contributed by atoms with van der Waals surface area (Å²) in [6.07, 6.45) is 10.00. The van der Waals surface area contributed by atoms with Crippen molar-refractivity contribution in [2.24, 2.45) is 23.2 Å². The molecule has 1 aliphatic heterocycles. The molecule has 1 aromatic heterocycles. The second-order valence-electron chi connectivity index (χ2n) is 14.1. The summed E-state index contributed by atoms with van der Waals surface area (Å²) in [7, 11) is -3.72. The van der Waals surface area contributed by atoms with Crippen LogP contribution in [0.3, 0.4) is 0 Å². The number of rotatable bonds is 10. The van der Waals surface area contributed by atoms with Gasteiger partial charge in [-0.25, -0.2) is 17.5 Å². The SMILES string of the molecule is CCOc1cncc(-c2ccc(CN3CCN(c4ccc(C(=O)NS(=O)(=O)CC56CC7CC(CC(C7)C5)C6)cc4)CC3)cc2F)c1. The van der Waals surface area contributed by atoms with Gasteiger partial charge in [-0.2, -0.15) is 0 Å². The maximum Gasteiger partial charge on any atom is 0.264 e. The number of anilines is 1. The lowest BCUT2D eigenvalue weighted by Crippen LogP contribution is -2.51. The van der Waals surface area contributed by atoms with Gasteiger partial charge < -0.3 is 9.64 Å². The lowest BCUT2D eigenvalue weighted by molar-refractivity contribution is -0.0391. The summed E-state index contributed by atoms with van der Waals surface area (Å²) in [4.78, 5) is 21.7. The normalized spacial score (nSPS) is 25.9. The summed E-state index contributed by atoms with van der Waals surface area (Å²) in [6, 6.07) is 14.4. The molecule has 8 nitrogen and oxygen atoms in total. The van der Waals surface area contributed by atoms with Gasteiger partial charge >= 0.3 is 0 Å². The predicted molar refractivity (Wildman–Crippen MR) is 177 cm³/mol. The molecule has 4 saturated carbocycles. The molecule has 0 radical (unpaired) electrons. The molecular weight excluding hydrogens is 603 g/mol. The molecule has 1 saturated heterocycles. The Balaban J connectivity index is 0.908. The van der Waals surface area contributed by atoms with E-state index < -0.39 is 15.9 Å². The van der Waals surface area contributed by atoms with Crippen molar-refractivity contribution in [2.45, 2.75) is 52.0 Å². The maximum atomic E-state index is 15.1. The van der Waals surface area contributed by atoms with Crippen molar-refractivity contribution < 1.29 is 22.3 Å². The van der Waals surface area contributed by atoms with E-state index in [1.807, 2.05) is 25.1 Å². The number of ether oxygens (including phenoxy) is 1. The molecule has 0 unspecified atom stereocenters. The third-order valence-electron chi connectivity index (χ3n) is 10.6. The molecule has 8 rings (SSSR count). The van der Waals surface area contributed by atoms with Crippen LogP contribution in [-0.2, 0) is 16.6 Å². The number of benzene rings is 2. The van der Waals surface area contributed by atoms with Crippen molar-refractivity contribution in [3.63, 3.8) is 0 Å². The molecule has 1 amide bonds. The fraction of sp³-hybridized carbons (Fsp3) is 0.500. The molecule has 0 atom stereocenters. The summed E-state index contributed by atoms with van der Waals surface area (Å²) < 4.78 is 49.2. The lowest BCUT2D eigenvalue weighted by atomic mass is 9.50. The van der Waals surface area contributed by atoms with Crippen LogP contribution in [0.5, 0.6) is 5.75 Å². The molecule has 244 valence electrons.